The van der Waals surface area contributed by atoms with Gasteiger partial charge in [0.1, 0.15) is 17.2 Å². The van der Waals surface area contributed by atoms with Gasteiger partial charge in [-0.1, -0.05) is 0 Å². The summed E-state index contributed by atoms with van der Waals surface area (Å²) in [5, 5.41) is 0. The van der Waals surface area contributed by atoms with E-state index in [2.05, 4.69) is 0 Å². The Morgan fingerprint density at radius 1 is 0.920 bits per heavy atom. The van der Waals surface area contributed by atoms with Gasteiger partial charge in [0.15, 0.2) is 0 Å². The smallest absolute Gasteiger partial charge is 0.243 e. The molecule has 0 amide bonds. The van der Waals surface area contributed by atoms with Crippen LogP contribution in [0.1, 0.15) is 11.1 Å². The van der Waals surface area contributed by atoms with E-state index >= 15 is 0 Å². The lowest BCUT2D eigenvalue weighted by atomic mass is 10.2. The lowest BCUT2D eigenvalue weighted by Gasteiger charge is -2.20. The molecule has 0 saturated heterocycles. The highest BCUT2D eigenvalue weighted by molar-refractivity contribution is 7.89. The van der Waals surface area contributed by atoms with Crippen LogP contribution in [0.2, 0.25) is 0 Å². The van der Waals surface area contributed by atoms with E-state index in [1.54, 1.807) is 57.7 Å². The minimum absolute atomic E-state index is 0.160. The van der Waals surface area contributed by atoms with E-state index in [9.17, 15) is 8.42 Å². The van der Waals surface area contributed by atoms with Crippen LogP contribution in [0, 0.1) is 6.92 Å². The van der Waals surface area contributed by atoms with Gasteiger partial charge in [-0.05, 0) is 48.9 Å². The average Bonchev–Trinajstić information content (AvgIpc) is 2.61. The fourth-order valence-electron chi connectivity index (χ4n) is 2.52. The second-order valence-corrected chi connectivity index (χ2v) is 7.62. The van der Waals surface area contributed by atoms with Crippen LogP contribution in [-0.2, 0) is 16.6 Å². The normalized spacial score (nSPS) is 11.4. The van der Waals surface area contributed by atoms with Gasteiger partial charge in [-0.3, -0.25) is 0 Å². The van der Waals surface area contributed by atoms with E-state index in [4.69, 9.17) is 14.2 Å². The molecule has 2 rings (SSSR count). The number of aryl methyl sites for hydroxylation is 1. The summed E-state index contributed by atoms with van der Waals surface area (Å²) < 4.78 is 42.7. The van der Waals surface area contributed by atoms with Crippen molar-refractivity contribution < 1.29 is 22.6 Å². The largest absolute Gasteiger partial charge is 0.497 e. The molecule has 0 atom stereocenters. The molecule has 0 heterocycles. The lowest BCUT2D eigenvalue weighted by Crippen LogP contribution is -2.26. The van der Waals surface area contributed by atoms with E-state index < -0.39 is 10.0 Å². The maximum Gasteiger partial charge on any atom is 0.243 e. The molecule has 0 fully saturated rings. The van der Waals surface area contributed by atoms with Gasteiger partial charge in [-0.2, -0.15) is 4.31 Å². The highest BCUT2D eigenvalue weighted by atomic mass is 32.2. The van der Waals surface area contributed by atoms with Crippen LogP contribution in [0.4, 0.5) is 0 Å². The van der Waals surface area contributed by atoms with Crippen LogP contribution in [0.3, 0.4) is 0 Å². The molecule has 0 bridgehead atoms. The first kappa shape index (κ1) is 19.1. The zero-order valence-electron chi connectivity index (χ0n) is 15.1. The van der Waals surface area contributed by atoms with E-state index in [1.807, 2.05) is 6.92 Å². The second-order valence-electron chi connectivity index (χ2n) is 5.57. The van der Waals surface area contributed by atoms with Crippen LogP contribution in [0.25, 0.3) is 0 Å². The maximum atomic E-state index is 12.9. The zero-order valence-corrected chi connectivity index (χ0v) is 15.9. The van der Waals surface area contributed by atoms with Gasteiger partial charge >= 0.3 is 0 Å². The quantitative estimate of drug-likeness (QED) is 0.755. The van der Waals surface area contributed by atoms with Crippen molar-refractivity contribution in [2.75, 3.05) is 28.4 Å². The first-order chi connectivity index (χ1) is 11.8. The lowest BCUT2D eigenvalue weighted by molar-refractivity contribution is 0.389. The molecule has 0 radical (unpaired) electrons. The van der Waals surface area contributed by atoms with Crippen LogP contribution in [0.5, 0.6) is 17.2 Å². The van der Waals surface area contributed by atoms with Crippen LogP contribution < -0.4 is 14.2 Å². The SMILES string of the molecule is COc1ccc(OC)c(CN(C)S(=O)(=O)c2ccc(OC)c(C)c2)c1. The Bertz CT molecular complexity index is 849. The first-order valence-corrected chi connectivity index (χ1v) is 9.09. The number of nitrogens with zero attached hydrogens (tertiary/aromatic N) is 1. The molecule has 2 aromatic rings. The van der Waals surface area contributed by atoms with E-state index in [1.165, 1.54) is 11.4 Å². The molecule has 7 heteroatoms. The van der Waals surface area contributed by atoms with Crippen molar-refractivity contribution in [2.24, 2.45) is 0 Å². The molecule has 0 aliphatic heterocycles. The standard InChI is InChI=1S/C18H23NO5S/c1-13-10-16(7-9-17(13)23-4)25(20,21)19(2)12-14-11-15(22-3)6-8-18(14)24-5/h6-11H,12H2,1-5H3. The molecule has 0 aromatic heterocycles. The van der Waals surface area contributed by atoms with Crippen LogP contribution >= 0.6 is 0 Å². The molecule has 0 saturated carbocycles. The number of sulfonamides is 1. The van der Waals surface area contributed by atoms with E-state index in [0.717, 1.165) is 11.1 Å². The summed E-state index contributed by atoms with van der Waals surface area (Å²) in [6.45, 7) is 1.97. The third kappa shape index (κ3) is 4.05. The number of methoxy groups -OCH3 is 3. The number of hydrogen-bond donors (Lipinski definition) is 0. The van der Waals surface area contributed by atoms with Crippen LogP contribution in [-0.4, -0.2) is 41.1 Å². The predicted molar refractivity (Wildman–Crippen MR) is 95.9 cm³/mol. The maximum absolute atomic E-state index is 12.9. The summed E-state index contributed by atoms with van der Waals surface area (Å²) in [5.41, 5.74) is 1.48. The molecular weight excluding hydrogens is 342 g/mol. The number of hydrogen-bond acceptors (Lipinski definition) is 5. The average molecular weight is 365 g/mol. The molecule has 25 heavy (non-hydrogen) atoms. The Labute approximate surface area is 149 Å². The van der Waals surface area contributed by atoms with Crippen molar-refractivity contribution in [1.29, 1.82) is 0 Å². The summed E-state index contributed by atoms with van der Waals surface area (Å²) in [5.74, 6) is 1.90. The van der Waals surface area contributed by atoms with Crippen molar-refractivity contribution in [2.45, 2.75) is 18.4 Å². The van der Waals surface area contributed by atoms with Crippen LogP contribution in [0.15, 0.2) is 41.3 Å². The van der Waals surface area contributed by atoms with Crippen molar-refractivity contribution >= 4 is 10.0 Å². The van der Waals surface area contributed by atoms with Gasteiger partial charge < -0.3 is 14.2 Å². The molecule has 2 aromatic carbocycles. The molecule has 0 N–H and O–H groups in total. The molecule has 136 valence electrons. The number of benzene rings is 2. The Morgan fingerprint density at radius 3 is 2.12 bits per heavy atom. The summed E-state index contributed by atoms with van der Waals surface area (Å²) in [6.07, 6.45) is 0. The molecule has 6 nitrogen and oxygen atoms in total. The Morgan fingerprint density at radius 2 is 1.56 bits per heavy atom. The molecule has 0 aliphatic carbocycles. The van der Waals surface area contributed by atoms with Gasteiger partial charge in [0.05, 0.1) is 26.2 Å². The van der Waals surface area contributed by atoms with Gasteiger partial charge in [-0.25, -0.2) is 8.42 Å². The highest BCUT2D eigenvalue weighted by Crippen LogP contribution is 2.28. The molecule has 0 aliphatic rings. The van der Waals surface area contributed by atoms with Gasteiger partial charge in [-0.15, -0.1) is 0 Å². The van der Waals surface area contributed by atoms with Crippen molar-refractivity contribution in [3.63, 3.8) is 0 Å². The Hall–Kier alpha value is -2.25. The first-order valence-electron chi connectivity index (χ1n) is 7.65. The third-order valence-electron chi connectivity index (χ3n) is 3.96. The second kappa shape index (κ2) is 7.76. The van der Waals surface area contributed by atoms with Crippen molar-refractivity contribution in [1.82, 2.24) is 4.31 Å². The summed E-state index contributed by atoms with van der Waals surface area (Å²) >= 11 is 0. The Kier molecular flexibility index (Phi) is 5.92. The van der Waals surface area contributed by atoms with Gasteiger partial charge in [0, 0.05) is 19.2 Å². The summed E-state index contributed by atoms with van der Waals surface area (Å²) in [4.78, 5) is 0.218. The van der Waals surface area contributed by atoms with Crippen molar-refractivity contribution in [3.05, 3.63) is 47.5 Å². The van der Waals surface area contributed by atoms with Gasteiger partial charge in [0.2, 0.25) is 10.0 Å². The number of ether oxygens (including phenoxy) is 3. The molecule has 0 unspecified atom stereocenters. The summed E-state index contributed by atoms with van der Waals surface area (Å²) in [6, 6.07) is 10.1. The minimum Gasteiger partial charge on any atom is -0.497 e. The summed E-state index contributed by atoms with van der Waals surface area (Å²) in [7, 11) is 2.55. The van der Waals surface area contributed by atoms with E-state index in [0.29, 0.717) is 17.2 Å². The Balaban J connectivity index is 2.33. The minimum atomic E-state index is -3.65. The molecular formula is C18H23NO5S. The van der Waals surface area contributed by atoms with Gasteiger partial charge in [0.25, 0.3) is 0 Å². The number of rotatable bonds is 7. The predicted octanol–water partition coefficient (Wildman–Crippen LogP) is 2.84. The van der Waals surface area contributed by atoms with Crippen molar-refractivity contribution in [3.8, 4) is 17.2 Å². The molecule has 0 spiro atoms. The third-order valence-corrected chi connectivity index (χ3v) is 5.75. The monoisotopic (exact) mass is 365 g/mol. The fraction of sp³-hybridized carbons (Fsp3) is 0.333. The van der Waals surface area contributed by atoms with E-state index in [-0.39, 0.29) is 11.4 Å². The zero-order chi connectivity index (χ0) is 18.6. The highest BCUT2D eigenvalue weighted by Gasteiger charge is 2.23. The topological polar surface area (TPSA) is 65.1 Å². The fourth-order valence-corrected chi connectivity index (χ4v) is 3.76.